The van der Waals surface area contributed by atoms with Crippen LogP contribution >= 0.6 is 11.6 Å². The molecule has 1 saturated heterocycles. The molecule has 0 spiro atoms. The third-order valence-corrected chi connectivity index (χ3v) is 5.44. The number of nitrogens with one attached hydrogen (secondary N) is 1. The van der Waals surface area contributed by atoms with Gasteiger partial charge in [-0.2, -0.15) is 0 Å². The predicted molar refractivity (Wildman–Crippen MR) is 102 cm³/mol. The summed E-state index contributed by atoms with van der Waals surface area (Å²) < 4.78 is 0. The van der Waals surface area contributed by atoms with E-state index in [2.05, 4.69) is 17.4 Å². The van der Waals surface area contributed by atoms with E-state index in [0.717, 1.165) is 24.1 Å². The fraction of sp³-hybridized carbons (Fsp3) is 0.333. The molecule has 4 rings (SSSR count). The van der Waals surface area contributed by atoms with Crippen LogP contribution in [0, 0.1) is 11.8 Å². The SMILES string of the molecule is O=C(NC(c1ccccc1)C1CC1)C1CC(=O)N(c2ccc(Cl)cc2)C1. The molecule has 1 heterocycles. The van der Waals surface area contributed by atoms with Gasteiger partial charge in [0, 0.05) is 23.7 Å². The van der Waals surface area contributed by atoms with Gasteiger partial charge >= 0.3 is 0 Å². The van der Waals surface area contributed by atoms with Gasteiger partial charge in [-0.1, -0.05) is 41.9 Å². The van der Waals surface area contributed by atoms with Crippen LogP contribution in [0.5, 0.6) is 0 Å². The van der Waals surface area contributed by atoms with Crippen LogP contribution in [-0.2, 0) is 9.59 Å². The molecule has 2 aromatic rings. The zero-order chi connectivity index (χ0) is 18.1. The number of hydrogen-bond acceptors (Lipinski definition) is 2. The third kappa shape index (κ3) is 3.61. The van der Waals surface area contributed by atoms with Gasteiger partial charge in [0.25, 0.3) is 0 Å². The Hall–Kier alpha value is -2.33. The molecule has 1 aliphatic heterocycles. The molecule has 134 valence electrons. The summed E-state index contributed by atoms with van der Waals surface area (Å²) in [5.41, 5.74) is 1.93. The molecule has 0 radical (unpaired) electrons. The van der Waals surface area contributed by atoms with Gasteiger partial charge in [-0.05, 0) is 48.6 Å². The van der Waals surface area contributed by atoms with Gasteiger partial charge < -0.3 is 10.2 Å². The van der Waals surface area contributed by atoms with Crippen molar-refractivity contribution in [2.45, 2.75) is 25.3 Å². The Morgan fingerprint density at radius 2 is 1.77 bits per heavy atom. The molecule has 4 nitrogen and oxygen atoms in total. The van der Waals surface area contributed by atoms with Crippen LogP contribution in [0.15, 0.2) is 54.6 Å². The lowest BCUT2D eigenvalue weighted by atomic mass is 10.0. The maximum Gasteiger partial charge on any atom is 0.227 e. The zero-order valence-electron chi connectivity index (χ0n) is 14.4. The topological polar surface area (TPSA) is 49.4 Å². The summed E-state index contributed by atoms with van der Waals surface area (Å²) in [6.45, 7) is 0.415. The van der Waals surface area contributed by atoms with E-state index in [1.165, 1.54) is 0 Å². The van der Waals surface area contributed by atoms with Gasteiger partial charge in [0.05, 0.1) is 12.0 Å². The Kier molecular flexibility index (Phi) is 4.68. The minimum Gasteiger partial charge on any atom is -0.349 e. The van der Waals surface area contributed by atoms with Gasteiger partial charge in [0.15, 0.2) is 0 Å². The molecule has 2 fully saturated rings. The van der Waals surface area contributed by atoms with Crippen LogP contribution in [0.4, 0.5) is 5.69 Å². The second-order valence-corrected chi connectivity index (χ2v) is 7.55. The standard InChI is InChI=1S/C21H21ClN2O2/c22-17-8-10-18(11-9-17)24-13-16(12-19(24)25)21(26)23-20(15-6-7-15)14-4-2-1-3-5-14/h1-5,8-11,15-16,20H,6-7,12-13H2,(H,23,26). The minimum absolute atomic E-state index is 0.0184. The summed E-state index contributed by atoms with van der Waals surface area (Å²) >= 11 is 5.92. The van der Waals surface area contributed by atoms with Crippen molar-refractivity contribution >= 4 is 29.1 Å². The molecule has 2 aromatic carbocycles. The lowest BCUT2D eigenvalue weighted by Gasteiger charge is -2.21. The molecule has 26 heavy (non-hydrogen) atoms. The number of carbonyl (C=O) groups is 2. The van der Waals surface area contributed by atoms with Crippen molar-refractivity contribution in [1.29, 1.82) is 0 Å². The summed E-state index contributed by atoms with van der Waals surface area (Å²) in [5, 5.41) is 3.83. The fourth-order valence-electron chi connectivity index (χ4n) is 3.59. The Morgan fingerprint density at radius 3 is 2.42 bits per heavy atom. The number of amides is 2. The normalized spacial score (nSPS) is 20.9. The number of hydrogen-bond donors (Lipinski definition) is 1. The lowest BCUT2D eigenvalue weighted by molar-refractivity contribution is -0.127. The summed E-state index contributed by atoms with van der Waals surface area (Å²) in [7, 11) is 0. The Labute approximate surface area is 158 Å². The third-order valence-electron chi connectivity index (χ3n) is 5.18. The molecule has 0 aromatic heterocycles. The second kappa shape index (κ2) is 7.12. The molecular weight excluding hydrogens is 348 g/mol. The molecule has 2 amide bonds. The average molecular weight is 369 g/mol. The number of halogens is 1. The number of benzene rings is 2. The predicted octanol–water partition coefficient (Wildman–Crippen LogP) is 3.96. The molecule has 1 N–H and O–H groups in total. The molecule has 5 heteroatoms. The number of carbonyl (C=O) groups excluding carboxylic acids is 2. The second-order valence-electron chi connectivity index (χ2n) is 7.12. The summed E-state index contributed by atoms with van der Waals surface area (Å²) in [5.74, 6) is 0.139. The van der Waals surface area contributed by atoms with Crippen LogP contribution in [0.2, 0.25) is 5.02 Å². The minimum atomic E-state index is -0.317. The molecule has 1 aliphatic carbocycles. The quantitative estimate of drug-likeness (QED) is 0.868. The summed E-state index contributed by atoms with van der Waals surface area (Å²) in [6.07, 6.45) is 2.53. The highest BCUT2D eigenvalue weighted by Gasteiger charge is 2.39. The van der Waals surface area contributed by atoms with Crippen molar-refractivity contribution in [3.8, 4) is 0 Å². The van der Waals surface area contributed by atoms with Crippen molar-refractivity contribution in [1.82, 2.24) is 5.32 Å². The lowest BCUT2D eigenvalue weighted by Crippen LogP contribution is -2.36. The first-order valence-electron chi connectivity index (χ1n) is 9.03. The molecule has 1 saturated carbocycles. The molecule has 2 aliphatic rings. The first-order valence-corrected chi connectivity index (χ1v) is 9.41. The largest absolute Gasteiger partial charge is 0.349 e. The van der Waals surface area contributed by atoms with Crippen LogP contribution in [0.25, 0.3) is 0 Å². The monoisotopic (exact) mass is 368 g/mol. The Bertz CT molecular complexity index is 803. The van der Waals surface area contributed by atoms with E-state index in [1.807, 2.05) is 30.3 Å². The highest BCUT2D eigenvalue weighted by molar-refractivity contribution is 6.30. The van der Waals surface area contributed by atoms with Crippen molar-refractivity contribution < 1.29 is 9.59 Å². The van der Waals surface area contributed by atoms with Crippen LogP contribution in [0.1, 0.15) is 30.9 Å². The Balaban J connectivity index is 1.45. The van der Waals surface area contributed by atoms with Crippen molar-refractivity contribution in [2.24, 2.45) is 11.8 Å². The first kappa shape index (κ1) is 17.1. The van der Waals surface area contributed by atoms with Crippen molar-refractivity contribution in [2.75, 3.05) is 11.4 Å². The number of anilines is 1. The van der Waals surface area contributed by atoms with Gasteiger partial charge in [0.2, 0.25) is 11.8 Å². The maximum atomic E-state index is 12.8. The average Bonchev–Trinajstić information content (AvgIpc) is 3.42. The van der Waals surface area contributed by atoms with Gasteiger partial charge in [-0.15, -0.1) is 0 Å². The molecule has 2 unspecified atom stereocenters. The smallest absolute Gasteiger partial charge is 0.227 e. The maximum absolute atomic E-state index is 12.8. The van der Waals surface area contributed by atoms with Crippen LogP contribution in [0.3, 0.4) is 0 Å². The highest BCUT2D eigenvalue weighted by Crippen LogP contribution is 2.41. The van der Waals surface area contributed by atoms with E-state index in [1.54, 1.807) is 17.0 Å². The summed E-state index contributed by atoms with van der Waals surface area (Å²) in [4.78, 5) is 26.9. The summed E-state index contributed by atoms with van der Waals surface area (Å²) in [6, 6.07) is 17.3. The zero-order valence-corrected chi connectivity index (χ0v) is 15.2. The number of rotatable bonds is 5. The van der Waals surface area contributed by atoms with Crippen molar-refractivity contribution in [3.63, 3.8) is 0 Å². The molecule has 2 atom stereocenters. The fourth-order valence-corrected chi connectivity index (χ4v) is 3.71. The Morgan fingerprint density at radius 1 is 1.08 bits per heavy atom. The van der Waals surface area contributed by atoms with Crippen molar-refractivity contribution in [3.05, 3.63) is 65.2 Å². The van der Waals surface area contributed by atoms with E-state index < -0.39 is 0 Å². The van der Waals surface area contributed by atoms with Gasteiger partial charge in [0.1, 0.15) is 0 Å². The molecule has 0 bridgehead atoms. The highest BCUT2D eigenvalue weighted by atomic mass is 35.5. The van der Waals surface area contributed by atoms with Crippen LogP contribution < -0.4 is 10.2 Å². The van der Waals surface area contributed by atoms with Crippen LogP contribution in [-0.4, -0.2) is 18.4 Å². The van der Waals surface area contributed by atoms with E-state index >= 15 is 0 Å². The van der Waals surface area contributed by atoms with Gasteiger partial charge in [-0.25, -0.2) is 0 Å². The molecular formula is C21H21ClN2O2. The van der Waals surface area contributed by atoms with E-state index in [4.69, 9.17) is 11.6 Å². The van der Waals surface area contributed by atoms with E-state index in [0.29, 0.717) is 17.5 Å². The van der Waals surface area contributed by atoms with E-state index in [-0.39, 0.29) is 30.2 Å². The van der Waals surface area contributed by atoms with E-state index in [9.17, 15) is 9.59 Å². The van der Waals surface area contributed by atoms with Gasteiger partial charge in [-0.3, -0.25) is 9.59 Å². The first-order chi connectivity index (χ1) is 12.6. The number of nitrogens with zero attached hydrogens (tertiary/aromatic N) is 1.